The predicted octanol–water partition coefficient (Wildman–Crippen LogP) is 3.23. The van der Waals surface area contributed by atoms with Crippen molar-refractivity contribution in [1.82, 2.24) is 24.4 Å². The normalized spacial score (nSPS) is 12.6. The van der Waals surface area contributed by atoms with E-state index in [9.17, 15) is 8.42 Å². The molecule has 0 amide bonds. The Labute approximate surface area is 202 Å². The minimum absolute atomic E-state index is 0. The molecule has 0 saturated carbocycles. The van der Waals surface area contributed by atoms with Crippen molar-refractivity contribution in [3.8, 4) is 0 Å². The number of primary sulfonamides is 1. The number of fused-ring (bicyclic) bond motifs is 1. The van der Waals surface area contributed by atoms with Gasteiger partial charge in [0.1, 0.15) is 11.8 Å². The van der Waals surface area contributed by atoms with Gasteiger partial charge in [0.2, 0.25) is 10.0 Å². The molecule has 182 valence electrons. The van der Waals surface area contributed by atoms with Crippen molar-refractivity contribution < 1.29 is 8.42 Å². The maximum atomic E-state index is 11.4. The number of nitrogens with two attached hydrogens (primary N) is 1. The molecule has 0 saturated heterocycles. The molecule has 9 nitrogen and oxygen atoms in total. The van der Waals surface area contributed by atoms with E-state index in [2.05, 4.69) is 50.5 Å². The van der Waals surface area contributed by atoms with Gasteiger partial charge in [-0.2, -0.15) is 0 Å². The number of rotatable bonds is 12. The highest BCUT2D eigenvalue weighted by atomic mass is 35.5. The second kappa shape index (κ2) is 12.3. The SMILES string of the molecule is CCN(CC)CCCC(C)n1cnc2c(NCCc3ccc(S(N)(=O)=O)cc3)ncnc21.Cl. The summed E-state index contributed by atoms with van der Waals surface area (Å²) in [4.78, 5) is 15.9. The van der Waals surface area contributed by atoms with Crippen LogP contribution in [-0.4, -0.2) is 59.0 Å². The van der Waals surface area contributed by atoms with Crippen LogP contribution in [0, 0.1) is 0 Å². The summed E-state index contributed by atoms with van der Waals surface area (Å²) in [5.41, 5.74) is 2.59. The topological polar surface area (TPSA) is 119 Å². The van der Waals surface area contributed by atoms with Crippen molar-refractivity contribution in [2.45, 2.75) is 51.0 Å². The molecule has 0 spiro atoms. The fourth-order valence-electron chi connectivity index (χ4n) is 3.76. The molecular weight excluding hydrogens is 462 g/mol. The van der Waals surface area contributed by atoms with E-state index < -0.39 is 10.0 Å². The summed E-state index contributed by atoms with van der Waals surface area (Å²) in [6.07, 6.45) is 6.30. The smallest absolute Gasteiger partial charge is 0.238 e. The van der Waals surface area contributed by atoms with Crippen molar-refractivity contribution in [2.24, 2.45) is 5.14 Å². The molecule has 0 aliphatic rings. The number of aromatic nitrogens is 4. The van der Waals surface area contributed by atoms with Crippen LogP contribution in [-0.2, 0) is 16.4 Å². The number of halogens is 1. The number of hydrogen-bond acceptors (Lipinski definition) is 7. The third-order valence-corrected chi connectivity index (χ3v) is 6.71. The largest absolute Gasteiger partial charge is 0.368 e. The van der Waals surface area contributed by atoms with E-state index in [0.717, 1.165) is 49.2 Å². The monoisotopic (exact) mass is 495 g/mol. The fraction of sp³-hybridized carbons (Fsp3) is 0.500. The van der Waals surface area contributed by atoms with Gasteiger partial charge in [-0.1, -0.05) is 26.0 Å². The summed E-state index contributed by atoms with van der Waals surface area (Å²) >= 11 is 0. The molecule has 1 atom stereocenters. The molecule has 11 heteroatoms. The maximum Gasteiger partial charge on any atom is 0.238 e. The van der Waals surface area contributed by atoms with Gasteiger partial charge in [-0.25, -0.2) is 28.5 Å². The first-order chi connectivity index (χ1) is 15.3. The van der Waals surface area contributed by atoms with Gasteiger partial charge in [-0.15, -0.1) is 12.4 Å². The lowest BCUT2D eigenvalue weighted by atomic mass is 10.1. The Bertz CT molecular complexity index is 1120. The molecule has 3 N–H and O–H groups in total. The first kappa shape index (κ1) is 27.0. The van der Waals surface area contributed by atoms with E-state index in [-0.39, 0.29) is 17.3 Å². The average Bonchev–Trinajstić information content (AvgIpc) is 3.21. The summed E-state index contributed by atoms with van der Waals surface area (Å²) in [5.74, 6) is 0.699. The molecular formula is C22H34ClN7O2S. The van der Waals surface area contributed by atoms with E-state index in [1.807, 2.05) is 6.33 Å². The maximum absolute atomic E-state index is 11.4. The first-order valence-corrected chi connectivity index (χ1v) is 12.6. The summed E-state index contributed by atoms with van der Waals surface area (Å²) in [6, 6.07) is 6.89. The molecule has 3 aromatic rings. The number of hydrogen-bond donors (Lipinski definition) is 2. The van der Waals surface area contributed by atoms with Crippen LogP contribution in [0.5, 0.6) is 0 Å². The van der Waals surface area contributed by atoms with E-state index >= 15 is 0 Å². The van der Waals surface area contributed by atoms with Crippen LogP contribution in [0.25, 0.3) is 11.2 Å². The zero-order valence-electron chi connectivity index (χ0n) is 19.4. The molecule has 0 aliphatic heterocycles. The minimum Gasteiger partial charge on any atom is -0.368 e. The van der Waals surface area contributed by atoms with E-state index in [1.54, 1.807) is 18.5 Å². The van der Waals surface area contributed by atoms with Crippen LogP contribution >= 0.6 is 12.4 Å². The van der Waals surface area contributed by atoms with Crippen LogP contribution in [0.4, 0.5) is 5.82 Å². The van der Waals surface area contributed by atoms with E-state index in [0.29, 0.717) is 24.8 Å². The van der Waals surface area contributed by atoms with Gasteiger partial charge in [0.05, 0.1) is 11.2 Å². The molecule has 0 fully saturated rings. The zero-order valence-corrected chi connectivity index (χ0v) is 21.1. The highest BCUT2D eigenvalue weighted by Crippen LogP contribution is 2.23. The molecule has 2 aromatic heterocycles. The lowest BCUT2D eigenvalue weighted by Crippen LogP contribution is -2.24. The standard InChI is InChI=1S/C22H33N7O2S.ClH/c1-4-28(5-2)14-6-7-17(3)29-16-27-20-21(25-15-26-22(20)29)24-13-12-18-8-10-19(11-9-18)32(23,30)31;/h8-11,15-17H,4-7,12-14H2,1-3H3,(H2,23,30,31)(H,24,25,26);1H. The van der Waals surface area contributed by atoms with Gasteiger partial charge in [0, 0.05) is 12.6 Å². The van der Waals surface area contributed by atoms with Crippen LogP contribution in [0.1, 0.15) is 45.2 Å². The summed E-state index contributed by atoms with van der Waals surface area (Å²) < 4.78 is 24.9. The van der Waals surface area contributed by atoms with Crippen molar-refractivity contribution >= 4 is 39.4 Å². The fourth-order valence-corrected chi connectivity index (χ4v) is 4.28. The van der Waals surface area contributed by atoms with Crippen molar-refractivity contribution in [3.05, 3.63) is 42.5 Å². The van der Waals surface area contributed by atoms with Crippen LogP contribution in [0.3, 0.4) is 0 Å². The summed E-state index contributed by atoms with van der Waals surface area (Å²) in [6.45, 7) is 10.5. The van der Waals surface area contributed by atoms with Gasteiger partial charge in [-0.3, -0.25) is 0 Å². The first-order valence-electron chi connectivity index (χ1n) is 11.1. The molecule has 0 radical (unpaired) electrons. The molecule has 33 heavy (non-hydrogen) atoms. The number of imidazole rings is 1. The van der Waals surface area contributed by atoms with Gasteiger partial charge in [-0.05, 0) is 63.5 Å². The Morgan fingerprint density at radius 3 is 2.45 bits per heavy atom. The third kappa shape index (κ3) is 7.10. The second-order valence-electron chi connectivity index (χ2n) is 7.93. The molecule has 0 bridgehead atoms. The molecule has 1 aromatic carbocycles. The van der Waals surface area contributed by atoms with E-state index in [1.165, 1.54) is 12.1 Å². The Morgan fingerprint density at radius 2 is 1.82 bits per heavy atom. The summed E-state index contributed by atoms with van der Waals surface area (Å²) in [5, 5.41) is 8.48. The van der Waals surface area contributed by atoms with Crippen LogP contribution < -0.4 is 10.5 Å². The summed E-state index contributed by atoms with van der Waals surface area (Å²) in [7, 11) is -3.67. The number of benzene rings is 1. The minimum atomic E-state index is -3.67. The second-order valence-corrected chi connectivity index (χ2v) is 9.49. The average molecular weight is 496 g/mol. The number of nitrogens with one attached hydrogen (secondary N) is 1. The molecule has 1 unspecified atom stereocenters. The van der Waals surface area contributed by atoms with Gasteiger partial charge in [0.25, 0.3) is 0 Å². The van der Waals surface area contributed by atoms with E-state index in [4.69, 9.17) is 5.14 Å². The lowest BCUT2D eigenvalue weighted by Gasteiger charge is -2.20. The highest BCUT2D eigenvalue weighted by Gasteiger charge is 2.14. The quantitative estimate of drug-likeness (QED) is 0.395. The Balaban J connectivity index is 0.00000385. The van der Waals surface area contributed by atoms with Crippen LogP contribution in [0.2, 0.25) is 0 Å². The Kier molecular flexibility index (Phi) is 10.0. The highest BCUT2D eigenvalue weighted by molar-refractivity contribution is 7.89. The van der Waals surface area contributed by atoms with Crippen LogP contribution in [0.15, 0.2) is 41.8 Å². The Morgan fingerprint density at radius 1 is 1.12 bits per heavy atom. The zero-order chi connectivity index (χ0) is 23.1. The predicted molar refractivity (Wildman–Crippen MR) is 134 cm³/mol. The van der Waals surface area contributed by atoms with Gasteiger partial charge >= 0.3 is 0 Å². The van der Waals surface area contributed by atoms with Crippen molar-refractivity contribution in [3.63, 3.8) is 0 Å². The van der Waals surface area contributed by atoms with Crippen molar-refractivity contribution in [1.29, 1.82) is 0 Å². The number of anilines is 1. The van der Waals surface area contributed by atoms with Crippen molar-refractivity contribution in [2.75, 3.05) is 31.5 Å². The Hall–Kier alpha value is -2.27. The third-order valence-electron chi connectivity index (χ3n) is 5.78. The number of nitrogens with zero attached hydrogens (tertiary/aromatic N) is 5. The van der Waals surface area contributed by atoms with Gasteiger partial charge in [0.15, 0.2) is 11.5 Å². The number of sulfonamides is 1. The molecule has 2 heterocycles. The molecule has 3 rings (SSSR count). The molecule has 0 aliphatic carbocycles. The van der Waals surface area contributed by atoms with Gasteiger partial charge < -0.3 is 14.8 Å². The lowest BCUT2D eigenvalue weighted by molar-refractivity contribution is 0.288.